The van der Waals surface area contributed by atoms with Crippen LogP contribution < -0.4 is 9.47 Å². The first-order valence-corrected chi connectivity index (χ1v) is 8.20. The Kier molecular flexibility index (Phi) is 6.99. The molecule has 0 spiro atoms. The van der Waals surface area contributed by atoms with E-state index in [1.54, 1.807) is 37.3 Å². The van der Waals surface area contributed by atoms with Crippen molar-refractivity contribution in [2.45, 2.75) is 13.5 Å². The van der Waals surface area contributed by atoms with Crippen molar-refractivity contribution < 1.29 is 19.0 Å². The first-order chi connectivity index (χ1) is 13.1. The standard InChI is InChI=1S/C21H18N2O4/c1-3-26-21(24)18(13-23)10-15-8-9-19(20(11-15)25-2)27-14-17-7-5-4-6-16(17)12-22/h4-11H,3,14H2,1-2H3/b18-10+. The fraction of sp³-hybridized carbons (Fsp3) is 0.190. The Labute approximate surface area is 157 Å². The zero-order valence-electron chi connectivity index (χ0n) is 15.1. The number of nitriles is 2. The minimum atomic E-state index is -0.674. The van der Waals surface area contributed by atoms with Crippen LogP contribution in [-0.2, 0) is 16.1 Å². The summed E-state index contributed by atoms with van der Waals surface area (Å²) in [5.74, 6) is 0.253. The Morgan fingerprint density at radius 1 is 1.15 bits per heavy atom. The van der Waals surface area contributed by atoms with E-state index in [1.807, 2.05) is 18.2 Å². The van der Waals surface area contributed by atoms with Gasteiger partial charge in [-0.3, -0.25) is 0 Å². The lowest BCUT2D eigenvalue weighted by Gasteiger charge is -2.12. The van der Waals surface area contributed by atoms with E-state index < -0.39 is 5.97 Å². The molecule has 0 saturated carbocycles. The molecule has 0 aliphatic heterocycles. The highest BCUT2D eigenvalue weighted by Gasteiger charge is 2.12. The molecule has 136 valence electrons. The second-order valence-corrected chi connectivity index (χ2v) is 5.36. The number of methoxy groups -OCH3 is 1. The summed E-state index contributed by atoms with van der Waals surface area (Å²) in [6, 6.07) is 16.2. The minimum absolute atomic E-state index is 0.101. The van der Waals surface area contributed by atoms with E-state index in [-0.39, 0.29) is 18.8 Å². The number of ether oxygens (including phenoxy) is 3. The molecular weight excluding hydrogens is 344 g/mol. The largest absolute Gasteiger partial charge is 0.493 e. The third-order valence-electron chi connectivity index (χ3n) is 3.64. The molecule has 0 aliphatic rings. The van der Waals surface area contributed by atoms with Crippen LogP contribution in [0.3, 0.4) is 0 Å². The third kappa shape index (κ3) is 5.10. The van der Waals surface area contributed by atoms with Gasteiger partial charge >= 0.3 is 5.97 Å². The second kappa shape index (κ2) is 9.65. The van der Waals surface area contributed by atoms with Gasteiger partial charge in [0.15, 0.2) is 11.5 Å². The molecule has 0 aromatic heterocycles. The normalized spacial score (nSPS) is 10.4. The van der Waals surface area contributed by atoms with Crippen LogP contribution in [0.25, 0.3) is 6.08 Å². The summed E-state index contributed by atoms with van der Waals surface area (Å²) < 4.78 is 16.0. The molecule has 2 aromatic carbocycles. The van der Waals surface area contributed by atoms with E-state index in [4.69, 9.17) is 24.7 Å². The van der Waals surface area contributed by atoms with Crippen LogP contribution >= 0.6 is 0 Å². The average Bonchev–Trinajstić information content (AvgIpc) is 2.71. The molecule has 2 aromatic rings. The molecule has 27 heavy (non-hydrogen) atoms. The maximum atomic E-state index is 11.7. The van der Waals surface area contributed by atoms with E-state index in [9.17, 15) is 4.79 Å². The molecule has 2 rings (SSSR count). The van der Waals surface area contributed by atoms with E-state index in [1.165, 1.54) is 13.2 Å². The molecular formula is C21H18N2O4. The van der Waals surface area contributed by atoms with Crippen LogP contribution in [0.2, 0.25) is 0 Å². The Bertz CT molecular complexity index is 936. The predicted molar refractivity (Wildman–Crippen MR) is 98.7 cm³/mol. The van der Waals surface area contributed by atoms with Crippen LogP contribution in [0.1, 0.15) is 23.6 Å². The number of nitrogens with zero attached hydrogens (tertiary/aromatic N) is 2. The Balaban J connectivity index is 2.22. The highest BCUT2D eigenvalue weighted by atomic mass is 16.5. The first kappa shape index (κ1) is 19.6. The van der Waals surface area contributed by atoms with Crippen molar-refractivity contribution in [1.29, 1.82) is 10.5 Å². The summed E-state index contributed by atoms with van der Waals surface area (Å²) >= 11 is 0. The molecule has 0 unspecified atom stereocenters. The molecule has 0 N–H and O–H groups in total. The molecule has 6 nitrogen and oxygen atoms in total. The summed E-state index contributed by atoms with van der Waals surface area (Å²) in [4.78, 5) is 11.7. The van der Waals surface area contributed by atoms with Crippen LogP contribution in [0.5, 0.6) is 11.5 Å². The Hall–Kier alpha value is -3.77. The van der Waals surface area contributed by atoms with Gasteiger partial charge in [0.25, 0.3) is 0 Å². The third-order valence-corrected chi connectivity index (χ3v) is 3.64. The van der Waals surface area contributed by atoms with Gasteiger partial charge in [-0.15, -0.1) is 0 Å². The lowest BCUT2D eigenvalue weighted by Crippen LogP contribution is -2.06. The fourth-order valence-corrected chi connectivity index (χ4v) is 2.32. The van der Waals surface area contributed by atoms with Gasteiger partial charge in [0, 0.05) is 5.56 Å². The number of hydrogen-bond donors (Lipinski definition) is 0. The van der Waals surface area contributed by atoms with Gasteiger partial charge in [0.1, 0.15) is 18.2 Å². The van der Waals surface area contributed by atoms with Gasteiger partial charge < -0.3 is 14.2 Å². The zero-order valence-corrected chi connectivity index (χ0v) is 15.1. The molecule has 0 atom stereocenters. The van der Waals surface area contributed by atoms with Crippen molar-refractivity contribution in [1.82, 2.24) is 0 Å². The van der Waals surface area contributed by atoms with E-state index >= 15 is 0 Å². The van der Waals surface area contributed by atoms with Gasteiger partial charge in [0.05, 0.1) is 25.3 Å². The quantitative estimate of drug-likeness (QED) is 0.424. The van der Waals surface area contributed by atoms with Crippen LogP contribution in [0, 0.1) is 22.7 Å². The molecule has 0 radical (unpaired) electrons. The van der Waals surface area contributed by atoms with Crippen molar-refractivity contribution in [3.8, 4) is 23.6 Å². The topological polar surface area (TPSA) is 92.3 Å². The van der Waals surface area contributed by atoms with Crippen molar-refractivity contribution >= 4 is 12.0 Å². The number of hydrogen-bond acceptors (Lipinski definition) is 6. The molecule has 0 aliphatic carbocycles. The number of carbonyl (C=O) groups is 1. The number of carbonyl (C=O) groups excluding carboxylic acids is 1. The van der Waals surface area contributed by atoms with Gasteiger partial charge in [-0.2, -0.15) is 10.5 Å². The highest BCUT2D eigenvalue weighted by molar-refractivity contribution is 5.97. The van der Waals surface area contributed by atoms with Crippen LogP contribution in [-0.4, -0.2) is 19.7 Å². The van der Waals surface area contributed by atoms with Crippen LogP contribution in [0.15, 0.2) is 48.0 Å². The molecule has 0 amide bonds. The fourth-order valence-electron chi connectivity index (χ4n) is 2.32. The molecule has 0 bridgehead atoms. The summed E-state index contributed by atoms with van der Waals surface area (Å²) in [6.07, 6.45) is 1.43. The predicted octanol–water partition coefficient (Wildman–Crippen LogP) is 3.62. The number of esters is 1. The molecule has 0 heterocycles. The maximum absolute atomic E-state index is 11.7. The van der Waals surface area contributed by atoms with Crippen LogP contribution in [0.4, 0.5) is 0 Å². The lowest BCUT2D eigenvalue weighted by atomic mass is 10.1. The summed E-state index contributed by atoms with van der Waals surface area (Å²) in [5.41, 5.74) is 1.81. The van der Waals surface area contributed by atoms with Gasteiger partial charge in [-0.1, -0.05) is 24.3 Å². The summed E-state index contributed by atoms with van der Waals surface area (Å²) in [6.45, 7) is 2.08. The van der Waals surface area contributed by atoms with Gasteiger partial charge in [0.2, 0.25) is 0 Å². The monoisotopic (exact) mass is 362 g/mol. The maximum Gasteiger partial charge on any atom is 0.348 e. The van der Waals surface area contributed by atoms with Crippen molar-refractivity contribution in [2.24, 2.45) is 0 Å². The van der Waals surface area contributed by atoms with E-state index in [0.29, 0.717) is 22.6 Å². The molecule has 0 saturated heterocycles. The van der Waals surface area contributed by atoms with Gasteiger partial charge in [-0.25, -0.2) is 4.79 Å². The first-order valence-electron chi connectivity index (χ1n) is 8.20. The van der Waals surface area contributed by atoms with E-state index in [0.717, 1.165) is 5.56 Å². The summed E-state index contributed by atoms with van der Waals surface area (Å²) in [5, 5.41) is 18.3. The summed E-state index contributed by atoms with van der Waals surface area (Å²) in [7, 11) is 1.50. The minimum Gasteiger partial charge on any atom is -0.493 e. The lowest BCUT2D eigenvalue weighted by molar-refractivity contribution is -0.137. The SMILES string of the molecule is CCOC(=O)/C(C#N)=C/c1ccc(OCc2ccccc2C#N)c(OC)c1. The second-order valence-electron chi connectivity index (χ2n) is 5.36. The Morgan fingerprint density at radius 3 is 2.59 bits per heavy atom. The zero-order chi connectivity index (χ0) is 19.6. The average molecular weight is 362 g/mol. The highest BCUT2D eigenvalue weighted by Crippen LogP contribution is 2.30. The Morgan fingerprint density at radius 2 is 1.93 bits per heavy atom. The van der Waals surface area contributed by atoms with Crippen molar-refractivity contribution in [3.05, 3.63) is 64.7 Å². The molecule has 6 heteroatoms. The van der Waals surface area contributed by atoms with E-state index in [2.05, 4.69) is 6.07 Å². The smallest absolute Gasteiger partial charge is 0.348 e. The van der Waals surface area contributed by atoms with Crippen molar-refractivity contribution in [2.75, 3.05) is 13.7 Å². The number of benzene rings is 2. The number of rotatable bonds is 7. The van der Waals surface area contributed by atoms with Gasteiger partial charge in [-0.05, 0) is 36.8 Å². The van der Waals surface area contributed by atoms with Crippen molar-refractivity contribution in [3.63, 3.8) is 0 Å². The molecule has 0 fully saturated rings.